The molecule has 0 aromatic heterocycles. The molecule has 0 radical (unpaired) electrons. The maximum absolute atomic E-state index is 11.4. The number of hydrogen-bond acceptors (Lipinski definition) is 3. The van der Waals surface area contributed by atoms with E-state index >= 15 is 0 Å². The molecule has 0 aromatic rings. The second kappa shape index (κ2) is 6.30. The van der Waals surface area contributed by atoms with E-state index in [2.05, 4.69) is 37.9 Å². The fourth-order valence-corrected chi connectivity index (χ4v) is 3.66. The van der Waals surface area contributed by atoms with Crippen molar-refractivity contribution in [2.45, 2.75) is 58.2 Å². The van der Waals surface area contributed by atoms with E-state index in [0.717, 1.165) is 31.7 Å². The van der Waals surface area contributed by atoms with E-state index in [4.69, 9.17) is 0 Å². The third-order valence-electron chi connectivity index (χ3n) is 4.22. The molecule has 0 amide bonds. The molecule has 3 unspecified atom stereocenters. The van der Waals surface area contributed by atoms with Gasteiger partial charge in [0.15, 0.2) is 0 Å². The van der Waals surface area contributed by atoms with Crippen molar-refractivity contribution < 1.29 is 4.21 Å². The van der Waals surface area contributed by atoms with Gasteiger partial charge in [-0.2, -0.15) is 0 Å². The molecule has 3 nitrogen and oxygen atoms in total. The van der Waals surface area contributed by atoms with Crippen LogP contribution in [0.15, 0.2) is 0 Å². The van der Waals surface area contributed by atoms with Gasteiger partial charge in [-0.1, -0.05) is 13.8 Å². The SMILES string of the molecule is CCC1(CC)CN(C(C)CS(C)=O)C(C)CN1. The van der Waals surface area contributed by atoms with E-state index in [9.17, 15) is 4.21 Å². The highest BCUT2D eigenvalue weighted by Crippen LogP contribution is 2.24. The molecule has 1 N–H and O–H groups in total. The summed E-state index contributed by atoms with van der Waals surface area (Å²) >= 11 is 0. The minimum atomic E-state index is -0.703. The van der Waals surface area contributed by atoms with E-state index < -0.39 is 10.8 Å². The highest BCUT2D eigenvalue weighted by atomic mass is 32.2. The fourth-order valence-electron chi connectivity index (χ4n) is 2.79. The molecule has 0 aromatic carbocycles. The van der Waals surface area contributed by atoms with Crippen LogP contribution in [0.25, 0.3) is 0 Å². The smallest absolute Gasteiger partial charge is 0.0385 e. The molecule has 1 aliphatic heterocycles. The summed E-state index contributed by atoms with van der Waals surface area (Å²) in [6.45, 7) is 11.1. The van der Waals surface area contributed by atoms with Gasteiger partial charge >= 0.3 is 0 Å². The summed E-state index contributed by atoms with van der Waals surface area (Å²) in [4.78, 5) is 2.53. The molecule has 0 saturated carbocycles. The van der Waals surface area contributed by atoms with Gasteiger partial charge < -0.3 is 5.32 Å². The predicted molar refractivity (Wildman–Crippen MR) is 75.9 cm³/mol. The van der Waals surface area contributed by atoms with Crippen molar-refractivity contribution in [2.24, 2.45) is 0 Å². The molecule has 102 valence electrons. The van der Waals surface area contributed by atoms with Gasteiger partial charge in [-0.25, -0.2) is 0 Å². The average Bonchev–Trinajstić information content (AvgIpc) is 2.29. The molecule has 1 saturated heterocycles. The van der Waals surface area contributed by atoms with Crippen LogP contribution in [0.4, 0.5) is 0 Å². The molecule has 3 atom stereocenters. The normalized spacial score (nSPS) is 28.9. The highest BCUT2D eigenvalue weighted by Gasteiger charge is 2.36. The lowest BCUT2D eigenvalue weighted by Crippen LogP contribution is -2.65. The van der Waals surface area contributed by atoms with Crippen LogP contribution in [-0.4, -0.2) is 51.8 Å². The number of nitrogens with zero attached hydrogens (tertiary/aromatic N) is 1. The summed E-state index contributed by atoms with van der Waals surface area (Å²) in [5, 5.41) is 3.70. The van der Waals surface area contributed by atoms with Gasteiger partial charge in [0.1, 0.15) is 0 Å². The van der Waals surface area contributed by atoms with E-state index in [0.29, 0.717) is 12.1 Å². The lowest BCUT2D eigenvalue weighted by atomic mass is 9.88. The van der Waals surface area contributed by atoms with Crippen molar-refractivity contribution in [2.75, 3.05) is 25.1 Å². The Kier molecular flexibility index (Phi) is 5.61. The summed E-state index contributed by atoms with van der Waals surface area (Å²) in [7, 11) is -0.703. The first kappa shape index (κ1) is 15.1. The van der Waals surface area contributed by atoms with Crippen LogP contribution in [0.2, 0.25) is 0 Å². The van der Waals surface area contributed by atoms with Crippen LogP contribution in [0, 0.1) is 0 Å². The number of nitrogens with one attached hydrogen (secondary N) is 1. The molecule has 1 aliphatic rings. The highest BCUT2D eigenvalue weighted by molar-refractivity contribution is 7.84. The maximum Gasteiger partial charge on any atom is 0.0385 e. The van der Waals surface area contributed by atoms with Crippen molar-refractivity contribution in [3.8, 4) is 0 Å². The van der Waals surface area contributed by atoms with Gasteiger partial charge in [0, 0.05) is 53.5 Å². The van der Waals surface area contributed by atoms with Crippen LogP contribution in [0.5, 0.6) is 0 Å². The van der Waals surface area contributed by atoms with Gasteiger partial charge in [0.05, 0.1) is 0 Å². The zero-order valence-corrected chi connectivity index (χ0v) is 12.8. The Labute approximate surface area is 109 Å². The monoisotopic (exact) mass is 260 g/mol. The van der Waals surface area contributed by atoms with Crippen LogP contribution in [-0.2, 0) is 10.8 Å². The predicted octanol–water partition coefficient (Wildman–Crippen LogP) is 1.61. The van der Waals surface area contributed by atoms with Crippen molar-refractivity contribution in [1.29, 1.82) is 0 Å². The average molecular weight is 260 g/mol. The summed E-state index contributed by atoms with van der Waals surface area (Å²) in [5.41, 5.74) is 0.260. The molecule has 0 aliphatic carbocycles. The summed E-state index contributed by atoms with van der Waals surface area (Å²) in [5.74, 6) is 0.786. The summed E-state index contributed by atoms with van der Waals surface area (Å²) in [6, 6.07) is 0.954. The molecule has 17 heavy (non-hydrogen) atoms. The molecular weight excluding hydrogens is 232 g/mol. The van der Waals surface area contributed by atoms with E-state index in [1.54, 1.807) is 6.26 Å². The maximum atomic E-state index is 11.4. The number of piperazine rings is 1. The first-order valence-corrected chi connectivity index (χ1v) is 8.47. The molecule has 1 heterocycles. The van der Waals surface area contributed by atoms with Gasteiger partial charge in [-0.15, -0.1) is 0 Å². The Hall–Kier alpha value is 0.0700. The quantitative estimate of drug-likeness (QED) is 0.815. The summed E-state index contributed by atoms with van der Waals surface area (Å²) in [6.07, 6.45) is 4.12. The van der Waals surface area contributed by atoms with Gasteiger partial charge in [-0.3, -0.25) is 9.11 Å². The lowest BCUT2D eigenvalue weighted by Gasteiger charge is -2.48. The number of rotatable bonds is 5. The van der Waals surface area contributed by atoms with E-state index in [-0.39, 0.29) is 5.54 Å². The Bertz CT molecular complexity index is 266. The first-order chi connectivity index (χ1) is 7.94. The first-order valence-electron chi connectivity index (χ1n) is 6.75. The van der Waals surface area contributed by atoms with Crippen molar-refractivity contribution >= 4 is 10.8 Å². The van der Waals surface area contributed by atoms with Crippen LogP contribution in [0.3, 0.4) is 0 Å². The Balaban J connectivity index is 2.71. The lowest BCUT2D eigenvalue weighted by molar-refractivity contribution is 0.0573. The second-order valence-electron chi connectivity index (χ2n) is 5.48. The van der Waals surface area contributed by atoms with Crippen molar-refractivity contribution in [3.63, 3.8) is 0 Å². The van der Waals surface area contributed by atoms with Crippen LogP contribution in [0.1, 0.15) is 40.5 Å². The van der Waals surface area contributed by atoms with Crippen molar-refractivity contribution in [1.82, 2.24) is 10.2 Å². The molecule has 0 bridgehead atoms. The van der Waals surface area contributed by atoms with E-state index in [1.807, 2.05) is 0 Å². The van der Waals surface area contributed by atoms with Crippen LogP contribution >= 0.6 is 0 Å². The fraction of sp³-hybridized carbons (Fsp3) is 1.00. The minimum absolute atomic E-state index is 0.260. The van der Waals surface area contributed by atoms with Gasteiger partial charge in [-0.05, 0) is 26.7 Å². The number of hydrogen-bond donors (Lipinski definition) is 1. The van der Waals surface area contributed by atoms with Gasteiger partial charge in [0.2, 0.25) is 0 Å². The molecular formula is C13H28N2OS. The standard InChI is InChI=1S/C13H28N2OS/c1-6-13(7-2)10-15(11(3)8-14-13)12(4)9-17(5)16/h11-12,14H,6-10H2,1-5H3. The Morgan fingerprint density at radius 1 is 1.47 bits per heavy atom. The molecule has 4 heteroatoms. The molecule has 1 fully saturated rings. The topological polar surface area (TPSA) is 32.3 Å². The third kappa shape index (κ3) is 3.76. The van der Waals surface area contributed by atoms with Crippen molar-refractivity contribution in [3.05, 3.63) is 0 Å². The molecule has 0 spiro atoms. The zero-order chi connectivity index (χ0) is 13.1. The molecule has 1 rings (SSSR count). The largest absolute Gasteiger partial charge is 0.308 e. The minimum Gasteiger partial charge on any atom is -0.308 e. The van der Waals surface area contributed by atoms with Gasteiger partial charge in [0.25, 0.3) is 0 Å². The zero-order valence-electron chi connectivity index (χ0n) is 12.0. The Morgan fingerprint density at radius 3 is 2.53 bits per heavy atom. The van der Waals surface area contributed by atoms with E-state index in [1.165, 1.54) is 0 Å². The second-order valence-corrected chi connectivity index (χ2v) is 6.96. The summed E-state index contributed by atoms with van der Waals surface area (Å²) < 4.78 is 11.4. The third-order valence-corrected chi connectivity index (χ3v) is 5.17. The Morgan fingerprint density at radius 2 is 2.06 bits per heavy atom. The van der Waals surface area contributed by atoms with Crippen LogP contribution < -0.4 is 5.32 Å².